The number of carbonyl (C=O) groups excluding carboxylic acids is 1. The van der Waals surface area contributed by atoms with Crippen molar-refractivity contribution < 1.29 is 24.1 Å². The van der Waals surface area contributed by atoms with Gasteiger partial charge in [-0.3, -0.25) is 4.79 Å². The summed E-state index contributed by atoms with van der Waals surface area (Å²) in [6.07, 6.45) is 1.16. The first-order chi connectivity index (χ1) is 10.7. The lowest BCUT2D eigenvalue weighted by Gasteiger charge is -2.09. The largest absolute Gasteiger partial charge is 0.507 e. The maximum Gasteiger partial charge on any atom is 0.231 e. The summed E-state index contributed by atoms with van der Waals surface area (Å²) in [6, 6.07) is 12.1. The molecule has 22 heavy (non-hydrogen) atoms. The van der Waals surface area contributed by atoms with Crippen molar-refractivity contribution in [3.63, 3.8) is 0 Å². The number of aliphatic hydroxyl groups excluding tert-OH is 1. The third-order valence-electron chi connectivity index (χ3n) is 3.30. The van der Waals surface area contributed by atoms with Gasteiger partial charge in [0.2, 0.25) is 12.5 Å². The fraction of sp³-hybridized carbons (Fsp3) is 0.118. The molecule has 2 aromatic carbocycles. The van der Waals surface area contributed by atoms with Crippen molar-refractivity contribution in [2.24, 2.45) is 0 Å². The van der Waals surface area contributed by atoms with E-state index in [4.69, 9.17) is 14.2 Å². The molecule has 0 amide bonds. The maximum absolute atomic E-state index is 12.4. The van der Waals surface area contributed by atoms with E-state index in [0.717, 1.165) is 6.08 Å². The second-order valence-electron chi connectivity index (χ2n) is 4.64. The molecule has 0 fully saturated rings. The summed E-state index contributed by atoms with van der Waals surface area (Å²) in [4.78, 5) is 12.4. The van der Waals surface area contributed by atoms with Crippen molar-refractivity contribution in [2.45, 2.75) is 0 Å². The van der Waals surface area contributed by atoms with Crippen molar-refractivity contribution in [1.82, 2.24) is 0 Å². The smallest absolute Gasteiger partial charge is 0.231 e. The monoisotopic (exact) mass is 298 g/mol. The minimum Gasteiger partial charge on any atom is -0.507 e. The molecule has 0 radical (unpaired) electrons. The number of rotatable bonds is 4. The lowest BCUT2D eigenvalue weighted by atomic mass is 10.1. The van der Waals surface area contributed by atoms with Crippen LogP contribution >= 0.6 is 0 Å². The molecule has 3 rings (SSSR count). The highest BCUT2D eigenvalue weighted by Gasteiger charge is 2.24. The van der Waals surface area contributed by atoms with Gasteiger partial charge in [-0.05, 0) is 12.1 Å². The van der Waals surface area contributed by atoms with Crippen molar-refractivity contribution in [2.75, 3.05) is 13.9 Å². The van der Waals surface area contributed by atoms with Crippen LogP contribution in [0, 0.1) is 0 Å². The van der Waals surface area contributed by atoms with E-state index >= 15 is 0 Å². The quantitative estimate of drug-likeness (QED) is 0.533. The first kappa shape index (κ1) is 14.0. The molecule has 5 nitrogen and oxygen atoms in total. The average Bonchev–Trinajstić information content (AvgIpc) is 3.03. The number of ketones is 1. The van der Waals surface area contributed by atoms with Crippen LogP contribution in [0.3, 0.4) is 0 Å². The lowest BCUT2D eigenvalue weighted by Crippen LogP contribution is -2.01. The Labute approximate surface area is 127 Å². The zero-order chi connectivity index (χ0) is 15.5. The van der Waals surface area contributed by atoms with Crippen LogP contribution in [0.5, 0.6) is 17.2 Å². The number of hydrogen-bond donors (Lipinski definition) is 1. The number of aliphatic hydroxyl groups is 1. The van der Waals surface area contributed by atoms with Gasteiger partial charge in [0.05, 0.1) is 12.7 Å². The van der Waals surface area contributed by atoms with Crippen LogP contribution in [-0.2, 0) is 0 Å². The van der Waals surface area contributed by atoms with Gasteiger partial charge >= 0.3 is 0 Å². The molecule has 0 aliphatic carbocycles. The Hall–Kier alpha value is -2.95. The van der Waals surface area contributed by atoms with Crippen LogP contribution in [0.15, 0.2) is 48.5 Å². The fourth-order valence-corrected chi connectivity index (χ4v) is 2.24. The molecule has 0 atom stereocenters. The van der Waals surface area contributed by atoms with Gasteiger partial charge in [-0.15, -0.1) is 0 Å². The third kappa shape index (κ3) is 2.48. The van der Waals surface area contributed by atoms with Crippen LogP contribution < -0.4 is 14.2 Å². The topological polar surface area (TPSA) is 65.0 Å². The summed E-state index contributed by atoms with van der Waals surface area (Å²) in [7, 11) is 1.45. The highest BCUT2D eigenvalue weighted by molar-refractivity contribution is 6.10. The van der Waals surface area contributed by atoms with Crippen LogP contribution in [0.2, 0.25) is 0 Å². The standard InChI is InChI=1S/C17H14O5/c1-20-16-12(7-8-15-17(16)22-10-21-15)14(19)9-13(18)11-5-3-2-4-6-11/h2-9,18H,10H2,1H3/b13-9-. The summed E-state index contributed by atoms with van der Waals surface area (Å²) in [5, 5.41) is 10.1. The van der Waals surface area contributed by atoms with E-state index in [1.165, 1.54) is 7.11 Å². The molecule has 1 N–H and O–H groups in total. The number of methoxy groups -OCH3 is 1. The van der Waals surface area contributed by atoms with Crippen LogP contribution in [-0.4, -0.2) is 24.8 Å². The van der Waals surface area contributed by atoms with Crippen LogP contribution in [0.25, 0.3) is 5.76 Å². The van der Waals surface area contributed by atoms with Crippen molar-refractivity contribution in [3.8, 4) is 17.2 Å². The fourth-order valence-electron chi connectivity index (χ4n) is 2.24. The molecule has 0 bridgehead atoms. The molecule has 112 valence electrons. The van der Waals surface area contributed by atoms with Gasteiger partial charge < -0.3 is 19.3 Å². The molecular weight excluding hydrogens is 284 g/mol. The Morgan fingerprint density at radius 2 is 1.95 bits per heavy atom. The molecule has 1 aliphatic rings. The van der Waals surface area contributed by atoms with E-state index in [-0.39, 0.29) is 18.3 Å². The molecule has 0 unspecified atom stereocenters. The highest BCUT2D eigenvalue weighted by atomic mass is 16.7. The summed E-state index contributed by atoms with van der Waals surface area (Å²) in [5.41, 5.74) is 0.866. The van der Waals surface area contributed by atoms with Crippen molar-refractivity contribution in [3.05, 3.63) is 59.7 Å². The number of ether oxygens (including phenoxy) is 3. The van der Waals surface area contributed by atoms with Gasteiger partial charge in [-0.1, -0.05) is 30.3 Å². The Morgan fingerprint density at radius 3 is 2.68 bits per heavy atom. The first-order valence-corrected chi connectivity index (χ1v) is 6.67. The summed E-state index contributed by atoms with van der Waals surface area (Å²) < 4.78 is 15.8. The molecule has 0 aromatic heterocycles. The second-order valence-corrected chi connectivity index (χ2v) is 4.64. The van der Waals surface area contributed by atoms with E-state index < -0.39 is 0 Å². The van der Waals surface area contributed by atoms with E-state index in [1.54, 1.807) is 36.4 Å². The normalized spacial score (nSPS) is 13.0. The van der Waals surface area contributed by atoms with Gasteiger partial charge in [0.25, 0.3) is 0 Å². The van der Waals surface area contributed by atoms with Crippen molar-refractivity contribution in [1.29, 1.82) is 0 Å². The Balaban J connectivity index is 1.96. The van der Waals surface area contributed by atoms with E-state index in [0.29, 0.717) is 28.4 Å². The molecule has 1 heterocycles. The number of fused-ring (bicyclic) bond motifs is 1. The molecule has 5 heteroatoms. The van der Waals surface area contributed by atoms with Gasteiger partial charge in [-0.25, -0.2) is 0 Å². The van der Waals surface area contributed by atoms with E-state index in [9.17, 15) is 9.90 Å². The number of carbonyl (C=O) groups is 1. The van der Waals surface area contributed by atoms with Crippen LogP contribution in [0.1, 0.15) is 15.9 Å². The predicted molar refractivity (Wildman–Crippen MR) is 80.5 cm³/mol. The SMILES string of the molecule is COc1c(C(=O)/C=C(\O)c2ccccc2)ccc2c1OCO2. The minimum absolute atomic E-state index is 0.0917. The third-order valence-corrected chi connectivity index (χ3v) is 3.30. The molecular formula is C17H14O5. The minimum atomic E-state index is -0.378. The Morgan fingerprint density at radius 1 is 1.18 bits per heavy atom. The molecule has 0 spiro atoms. The first-order valence-electron chi connectivity index (χ1n) is 6.67. The molecule has 0 saturated carbocycles. The van der Waals surface area contributed by atoms with E-state index in [2.05, 4.69) is 0 Å². The van der Waals surface area contributed by atoms with E-state index in [1.807, 2.05) is 6.07 Å². The van der Waals surface area contributed by atoms with Gasteiger partial charge in [0.15, 0.2) is 17.3 Å². The zero-order valence-corrected chi connectivity index (χ0v) is 11.9. The van der Waals surface area contributed by atoms with Gasteiger partial charge in [-0.2, -0.15) is 0 Å². The Kier molecular flexibility index (Phi) is 3.70. The molecule has 1 aliphatic heterocycles. The zero-order valence-electron chi connectivity index (χ0n) is 11.9. The summed E-state index contributed by atoms with van der Waals surface area (Å²) in [6.45, 7) is 0.0917. The predicted octanol–water partition coefficient (Wildman–Crippen LogP) is 3.21. The maximum atomic E-state index is 12.4. The summed E-state index contributed by atoms with van der Waals surface area (Å²) in [5.74, 6) is 0.754. The number of hydrogen-bond acceptors (Lipinski definition) is 5. The van der Waals surface area contributed by atoms with Crippen molar-refractivity contribution >= 4 is 11.5 Å². The van der Waals surface area contributed by atoms with Gasteiger partial charge in [0.1, 0.15) is 5.76 Å². The second kappa shape index (κ2) is 5.81. The summed E-state index contributed by atoms with van der Waals surface area (Å²) >= 11 is 0. The number of benzene rings is 2. The lowest BCUT2D eigenvalue weighted by molar-refractivity contribution is 0.104. The highest BCUT2D eigenvalue weighted by Crippen LogP contribution is 2.43. The molecule has 2 aromatic rings. The average molecular weight is 298 g/mol. The Bertz CT molecular complexity index is 734. The van der Waals surface area contributed by atoms with Gasteiger partial charge in [0, 0.05) is 11.6 Å². The number of allylic oxidation sites excluding steroid dienone is 1. The molecule has 0 saturated heterocycles. The van der Waals surface area contributed by atoms with Crippen LogP contribution in [0.4, 0.5) is 0 Å².